The molecule has 0 radical (unpaired) electrons. The molecule has 0 unspecified atom stereocenters. The Morgan fingerprint density at radius 1 is 0.541 bits per heavy atom. The van der Waals surface area contributed by atoms with Gasteiger partial charge in [-0.1, -0.05) is 162 Å². The average Bonchev–Trinajstić information content (AvgIpc) is 1.56. The van der Waals surface area contributed by atoms with Crippen molar-refractivity contribution < 1.29 is 106 Å². The Morgan fingerprint density at radius 2 is 0.878 bits per heavy atom. The van der Waals surface area contributed by atoms with Crippen molar-refractivity contribution in [3.63, 3.8) is 0 Å². The van der Waals surface area contributed by atoms with Crippen LogP contribution in [0.5, 0.6) is 17.2 Å². The normalized spacial score (nSPS) is 11.2. The van der Waals surface area contributed by atoms with Gasteiger partial charge in [0.05, 0.1) is 67.6 Å². The van der Waals surface area contributed by atoms with E-state index < -0.39 is 11.9 Å². The van der Waals surface area contributed by atoms with Crippen LogP contribution in [-0.4, -0.2) is 107 Å². The van der Waals surface area contributed by atoms with Crippen molar-refractivity contribution in [2.75, 3.05) is 30.4 Å². The van der Waals surface area contributed by atoms with Gasteiger partial charge in [-0.2, -0.15) is 0 Å². The quantitative estimate of drug-likeness (QED) is 0.0188. The Hall–Kier alpha value is -5.92. The van der Waals surface area contributed by atoms with Gasteiger partial charge in [0, 0.05) is 109 Å². The van der Waals surface area contributed by atoms with E-state index in [9.17, 15) is 19.5 Å². The molecule has 0 spiro atoms. The van der Waals surface area contributed by atoms with Crippen LogP contribution in [0.2, 0.25) is 15.1 Å². The molecule has 5 aromatic carbocycles. The number of nitrogens with two attached hydrogens (primary N) is 4. The molecule has 0 bridgehead atoms. The Balaban J connectivity index is -0.000000621. The predicted octanol–water partition coefficient (Wildman–Crippen LogP) is 13.5. The first-order chi connectivity index (χ1) is 42.4. The van der Waals surface area contributed by atoms with E-state index in [1.807, 2.05) is 86.1 Å². The smallest absolute Gasteiger partial charge is 0.870 e. The largest absolute Gasteiger partial charge is 1.00 e. The molecule has 0 aliphatic rings. The Bertz CT molecular complexity index is 3530. The zero-order valence-electron chi connectivity index (χ0n) is 56.8. The Morgan fingerprint density at radius 3 is 1.20 bits per heavy atom. The summed E-state index contributed by atoms with van der Waals surface area (Å²) in [7, 11) is 4.05. The van der Waals surface area contributed by atoms with E-state index in [1.54, 1.807) is 26.0 Å². The van der Waals surface area contributed by atoms with Crippen molar-refractivity contribution in [2.24, 2.45) is 19.8 Å². The van der Waals surface area contributed by atoms with Gasteiger partial charge in [0.15, 0.2) is 0 Å². The molecular formula is C74H115Cl3KN9O11. The van der Waals surface area contributed by atoms with Crippen molar-refractivity contribution in [2.45, 2.75) is 207 Å². The molecule has 0 aliphatic carbocycles. The topological polar surface area (TPSA) is 331 Å². The van der Waals surface area contributed by atoms with Gasteiger partial charge in [0.2, 0.25) is 0 Å². The van der Waals surface area contributed by atoms with Crippen LogP contribution >= 0.6 is 34.8 Å². The first-order valence-corrected chi connectivity index (χ1v) is 31.3. The number of imidazole rings is 2. The maximum Gasteiger partial charge on any atom is 1.00 e. The third kappa shape index (κ3) is 30.9. The minimum absolute atomic E-state index is 0. The second-order valence-electron chi connectivity index (χ2n) is 25.2. The van der Waals surface area contributed by atoms with Gasteiger partial charge in [-0.15, -0.1) is 0 Å². The summed E-state index contributed by atoms with van der Waals surface area (Å²) in [5.74, 6) is 1.47. The number of hydrogen-bond acceptors (Lipinski definition) is 16. The van der Waals surface area contributed by atoms with Crippen LogP contribution < -0.4 is 93.8 Å². The SMILES string of the molecule is C.C.C.C.C.CC(C)OC(=O)c1cc(Cl)c(OC(C)C)cc1N.CC(C)Oc1cc(N)c(C(=O)N[C@H](CCO)Cc2ccc(-c3cn(C)c(C(C)(C)C)n3)cc2)cc1Cl.CC(C)Oc1cc(N)c(C(=O)O)cc1Cl.Cn1cc(-c2ccc(C[C@H](N)CCO)cc2)nc1C(C)(C)C.[K+].[OH-]. The number of aromatic nitrogens is 4. The van der Waals surface area contributed by atoms with Crippen molar-refractivity contribution >= 4 is 69.7 Å². The number of anilines is 3. The number of nitrogen functional groups attached to an aromatic ring is 3. The third-order valence-corrected chi connectivity index (χ3v) is 14.2. The molecule has 544 valence electrons. The number of carboxylic acid groups (broad SMARTS) is 1. The molecule has 98 heavy (non-hydrogen) atoms. The van der Waals surface area contributed by atoms with Crippen LogP contribution in [0, 0.1) is 0 Å². The van der Waals surface area contributed by atoms with Crippen LogP contribution in [0.15, 0.2) is 97.3 Å². The van der Waals surface area contributed by atoms with Crippen molar-refractivity contribution in [3.8, 4) is 39.8 Å². The standard InChI is InChI=1S/C28H37ClN4O3.C18H27N3O.C13H18ClNO3.C10H12ClNO3.5CH4.K.H2O/c1-17(2)36-25-15-23(30)21(14-22(25)29)26(35)31-20(11-12-34)13-18-7-9-19(10-8-18)24-16-33(6)27(32-24)28(3,4)5;1-18(2,3)17-20-16(12-21(17)4)14-7-5-13(6-8-14)11-15(19)9-10-22;1-7(2)17-12-6-11(15)9(5-10(12)14)13(16)18-8(3)4;1-5(2)15-9-4-8(12)6(10(13)14)3-7(9)11;;;;;;;/h7-10,14-17,20,34H,11-13,30H2,1-6H3,(H,31,35);5-8,12,15,22H,9-11,19H2,1-4H3;5-8H,15H2,1-4H3;3-5H,12H2,1-2H3,(H,13,14);5*1H4;;1H2/q;;;;;;;;;+1;/p-1/t20-;15-;;;;;;;;;/m11........./s1. The van der Waals surface area contributed by atoms with Crippen LogP contribution in [0.25, 0.3) is 22.5 Å². The fourth-order valence-corrected chi connectivity index (χ4v) is 9.93. The van der Waals surface area contributed by atoms with Gasteiger partial charge in [-0.3, -0.25) is 4.79 Å². The minimum Gasteiger partial charge on any atom is -0.870 e. The molecule has 20 nitrogen and oxygen atoms in total. The Kier molecular flexibility index (Phi) is 45.3. The molecule has 0 saturated heterocycles. The van der Waals surface area contributed by atoms with E-state index in [0.29, 0.717) is 52.2 Å². The monoisotopic (exact) mass is 1450 g/mol. The first kappa shape index (κ1) is 98.5. The van der Waals surface area contributed by atoms with Crippen molar-refractivity contribution in [1.82, 2.24) is 24.4 Å². The number of aliphatic hydroxyl groups excluding tert-OH is 2. The van der Waals surface area contributed by atoms with E-state index in [1.165, 1.54) is 29.8 Å². The van der Waals surface area contributed by atoms with Gasteiger partial charge < -0.3 is 77.1 Å². The van der Waals surface area contributed by atoms with E-state index in [0.717, 1.165) is 46.1 Å². The summed E-state index contributed by atoms with van der Waals surface area (Å²) in [4.78, 5) is 45.1. The van der Waals surface area contributed by atoms with Gasteiger partial charge in [-0.25, -0.2) is 19.6 Å². The molecule has 2 atom stereocenters. The van der Waals surface area contributed by atoms with Gasteiger partial charge in [-0.05, 0) is 110 Å². The summed E-state index contributed by atoms with van der Waals surface area (Å²) in [5.41, 5.74) is 30.9. The molecular weight excluding hydrogens is 1340 g/mol. The fourth-order valence-electron chi connectivity index (χ4n) is 9.30. The van der Waals surface area contributed by atoms with Crippen LogP contribution in [0.1, 0.15) is 201 Å². The fraction of sp³-hybridized carbons (Fsp3) is 0.473. The molecule has 7 aromatic rings. The van der Waals surface area contributed by atoms with E-state index >= 15 is 0 Å². The number of nitrogens with one attached hydrogen (secondary N) is 1. The number of carboxylic acids is 1. The molecule has 7 rings (SSSR count). The number of carbonyl (C=O) groups is 3. The van der Waals surface area contributed by atoms with E-state index in [2.05, 4.69) is 86.5 Å². The van der Waals surface area contributed by atoms with Crippen LogP contribution in [0.4, 0.5) is 17.1 Å². The number of nitrogens with zero attached hydrogens (tertiary/aromatic N) is 4. The molecule has 24 heteroatoms. The van der Waals surface area contributed by atoms with E-state index in [4.69, 9.17) is 96.9 Å². The number of halogens is 3. The number of benzene rings is 5. The Labute approximate surface area is 643 Å². The number of aryl methyl sites for hydroxylation is 2. The number of esters is 1. The van der Waals surface area contributed by atoms with Crippen LogP contribution in [0.3, 0.4) is 0 Å². The zero-order valence-corrected chi connectivity index (χ0v) is 62.2. The number of hydrogen-bond donors (Lipinski definition) is 8. The minimum atomic E-state index is -1.11. The number of aliphatic hydroxyl groups is 2. The number of rotatable bonds is 21. The second-order valence-corrected chi connectivity index (χ2v) is 26.5. The number of carbonyl (C=O) groups excluding carboxylic acids is 2. The summed E-state index contributed by atoms with van der Waals surface area (Å²) in [5, 5.41) is 31.2. The number of ether oxygens (including phenoxy) is 4. The maximum absolute atomic E-state index is 13.0. The summed E-state index contributed by atoms with van der Waals surface area (Å²) in [6.07, 6.45) is 6.17. The molecule has 0 fully saturated rings. The molecule has 13 N–H and O–H groups in total. The second kappa shape index (κ2) is 45.0. The predicted molar refractivity (Wildman–Crippen MR) is 403 cm³/mol. The molecule has 2 aromatic heterocycles. The molecule has 1 amide bonds. The van der Waals surface area contributed by atoms with Crippen molar-refractivity contribution in [3.05, 3.63) is 152 Å². The summed E-state index contributed by atoms with van der Waals surface area (Å²) < 4.78 is 25.7. The number of amides is 1. The maximum atomic E-state index is 13.0. The number of aromatic carboxylic acids is 1. The third-order valence-electron chi connectivity index (χ3n) is 13.3. The summed E-state index contributed by atoms with van der Waals surface area (Å²) >= 11 is 18.2. The van der Waals surface area contributed by atoms with Gasteiger partial charge in [0.1, 0.15) is 28.9 Å². The molecule has 2 heterocycles. The molecule has 0 saturated carbocycles. The van der Waals surface area contributed by atoms with Gasteiger partial charge in [0.25, 0.3) is 5.91 Å². The van der Waals surface area contributed by atoms with E-state index in [-0.39, 0.29) is 194 Å². The summed E-state index contributed by atoms with van der Waals surface area (Å²) in [6, 6.07) is 25.1. The molecule has 0 aliphatic heterocycles. The van der Waals surface area contributed by atoms with Gasteiger partial charge >= 0.3 is 63.3 Å². The average molecular weight is 1450 g/mol. The van der Waals surface area contributed by atoms with Crippen molar-refractivity contribution in [1.29, 1.82) is 0 Å². The van der Waals surface area contributed by atoms with Crippen LogP contribution in [-0.2, 0) is 42.5 Å². The zero-order chi connectivity index (χ0) is 68.4. The summed E-state index contributed by atoms with van der Waals surface area (Å²) in [6.45, 7) is 27.8. The first-order valence-electron chi connectivity index (χ1n) is 30.2.